The molecule has 1 N–H and O–H groups in total. The zero-order valence-corrected chi connectivity index (χ0v) is 14.9. The molecule has 1 atom stereocenters. The van der Waals surface area contributed by atoms with Crippen molar-refractivity contribution in [2.75, 3.05) is 13.1 Å². The summed E-state index contributed by atoms with van der Waals surface area (Å²) < 4.78 is 12.9. The predicted molar refractivity (Wildman–Crippen MR) is 98.3 cm³/mol. The van der Waals surface area contributed by atoms with Gasteiger partial charge in [0.2, 0.25) is 0 Å². The van der Waals surface area contributed by atoms with Crippen molar-refractivity contribution in [2.45, 2.75) is 26.3 Å². The van der Waals surface area contributed by atoms with Gasteiger partial charge in [-0.25, -0.2) is 4.39 Å². The minimum absolute atomic E-state index is 0.0234. The molecule has 1 saturated heterocycles. The van der Waals surface area contributed by atoms with Crippen molar-refractivity contribution in [2.24, 2.45) is 5.92 Å². The van der Waals surface area contributed by atoms with E-state index in [-0.39, 0.29) is 17.6 Å². The van der Waals surface area contributed by atoms with Gasteiger partial charge in [-0.15, -0.1) is 0 Å². The SMILES string of the molecule is CC1CCCN(C(=O)c2cccc(C(=O)NCc3ccc(F)cc3)c2)C1. The first-order valence-electron chi connectivity index (χ1n) is 8.95. The van der Waals surface area contributed by atoms with E-state index in [0.29, 0.717) is 23.6 Å². The summed E-state index contributed by atoms with van der Waals surface area (Å²) in [7, 11) is 0. The number of piperidine rings is 1. The molecule has 3 rings (SSSR count). The third kappa shape index (κ3) is 4.48. The van der Waals surface area contributed by atoms with Crippen molar-refractivity contribution in [3.05, 3.63) is 71.0 Å². The van der Waals surface area contributed by atoms with Gasteiger partial charge in [-0.2, -0.15) is 0 Å². The maximum absolute atomic E-state index is 12.9. The van der Waals surface area contributed by atoms with Gasteiger partial charge < -0.3 is 10.2 Å². The normalized spacial score (nSPS) is 17.0. The van der Waals surface area contributed by atoms with Crippen LogP contribution in [-0.2, 0) is 6.54 Å². The van der Waals surface area contributed by atoms with E-state index in [1.807, 2.05) is 4.90 Å². The van der Waals surface area contributed by atoms with Gasteiger partial charge in [0.15, 0.2) is 0 Å². The lowest BCUT2D eigenvalue weighted by Crippen LogP contribution is -2.39. The van der Waals surface area contributed by atoms with Gasteiger partial charge >= 0.3 is 0 Å². The van der Waals surface area contributed by atoms with Crippen LogP contribution in [0.2, 0.25) is 0 Å². The van der Waals surface area contributed by atoms with Crippen LogP contribution in [0.3, 0.4) is 0 Å². The summed E-state index contributed by atoms with van der Waals surface area (Å²) in [6.07, 6.45) is 2.17. The van der Waals surface area contributed by atoms with Crippen LogP contribution in [-0.4, -0.2) is 29.8 Å². The average Bonchev–Trinajstić information content (AvgIpc) is 2.67. The number of rotatable bonds is 4. The first-order valence-corrected chi connectivity index (χ1v) is 8.95. The van der Waals surface area contributed by atoms with Crippen molar-refractivity contribution in [3.8, 4) is 0 Å². The Morgan fingerprint density at radius 1 is 1.15 bits per heavy atom. The van der Waals surface area contributed by atoms with E-state index in [4.69, 9.17) is 0 Å². The Hall–Kier alpha value is -2.69. The molecule has 2 aromatic rings. The average molecular weight is 354 g/mol. The second kappa shape index (κ2) is 8.13. The van der Waals surface area contributed by atoms with Crippen molar-refractivity contribution in [1.82, 2.24) is 10.2 Å². The Kier molecular flexibility index (Phi) is 5.66. The number of nitrogens with one attached hydrogen (secondary N) is 1. The molecule has 0 saturated carbocycles. The molecule has 0 bridgehead atoms. The monoisotopic (exact) mass is 354 g/mol. The van der Waals surface area contributed by atoms with E-state index in [1.54, 1.807) is 36.4 Å². The molecule has 0 radical (unpaired) electrons. The Balaban J connectivity index is 1.65. The number of hydrogen-bond acceptors (Lipinski definition) is 2. The summed E-state index contributed by atoms with van der Waals surface area (Å²) in [4.78, 5) is 26.9. The Bertz CT molecular complexity index is 789. The van der Waals surface area contributed by atoms with Crippen LogP contribution < -0.4 is 5.32 Å². The molecular weight excluding hydrogens is 331 g/mol. The molecule has 0 aromatic heterocycles. The summed E-state index contributed by atoms with van der Waals surface area (Å²) in [5.41, 5.74) is 1.80. The summed E-state index contributed by atoms with van der Waals surface area (Å²) in [5, 5.41) is 2.80. The number of likely N-dealkylation sites (tertiary alicyclic amines) is 1. The van der Waals surface area contributed by atoms with E-state index < -0.39 is 0 Å². The number of benzene rings is 2. The fraction of sp³-hybridized carbons (Fsp3) is 0.333. The molecule has 136 valence electrons. The maximum atomic E-state index is 12.9. The molecule has 2 aromatic carbocycles. The van der Waals surface area contributed by atoms with Crippen LogP contribution in [0, 0.1) is 11.7 Å². The smallest absolute Gasteiger partial charge is 0.253 e. The van der Waals surface area contributed by atoms with Crippen molar-refractivity contribution >= 4 is 11.8 Å². The third-order valence-electron chi connectivity index (χ3n) is 4.68. The van der Waals surface area contributed by atoms with Gasteiger partial charge in [0, 0.05) is 30.8 Å². The molecule has 0 aliphatic carbocycles. The second-order valence-corrected chi connectivity index (χ2v) is 6.89. The van der Waals surface area contributed by atoms with E-state index in [1.165, 1.54) is 12.1 Å². The zero-order valence-electron chi connectivity index (χ0n) is 14.9. The number of nitrogens with zero attached hydrogens (tertiary/aromatic N) is 1. The predicted octanol–water partition coefficient (Wildman–Crippen LogP) is 3.63. The molecule has 1 heterocycles. The largest absolute Gasteiger partial charge is 0.348 e. The molecule has 1 fully saturated rings. The van der Waals surface area contributed by atoms with Gasteiger partial charge in [-0.3, -0.25) is 9.59 Å². The Labute approximate surface area is 153 Å². The van der Waals surface area contributed by atoms with E-state index in [0.717, 1.165) is 31.5 Å². The molecule has 26 heavy (non-hydrogen) atoms. The van der Waals surface area contributed by atoms with Gasteiger partial charge in [0.1, 0.15) is 5.82 Å². The first-order chi connectivity index (χ1) is 12.5. The molecule has 1 unspecified atom stereocenters. The topological polar surface area (TPSA) is 49.4 Å². The molecule has 0 spiro atoms. The van der Waals surface area contributed by atoms with Crippen LogP contribution >= 0.6 is 0 Å². The van der Waals surface area contributed by atoms with Crippen molar-refractivity contribution < 1.29 is 14.0 Å². The third-order valence-corrected chi connectivity index (χ3v) is 4.68. The first kappa shape index (κ1) is 18.1. The summed E-state index contributed by atoms with van der Waals surface area (Å²) in [6.45, 7) is 3.99. The molecule has 1 aliphatic heterocycles. The van der Waals surface area contributed by atoms with Gasteiger partial charge in [0.05, 0.1) is 0 Å². The lowest BCUT2D eigenvalue weighted by atomic mass is 9.99. The lowest BCUT2D eigenvalue weighted by Gasteiger charge is -2.31. The number of carbonyl (C=O) groups is 2. The Morgan fingerprint density at radius 2 is 1.88 bits per heavy atom. The maximum Gasteiger partial charge on any atom is 0.253 e. The van der Waals surface area contributed by atoms with Crippen LogP contribution in [0.5, 0.6) is 0 Å². The minimum atomic E-state index is -0.307. The van der Waals surface area contributed by atoms with Gasteiger partial charge in [-0.05, 0) is 54.7 Å². The number of hydrogen-bond donors (Lipinski definition) is 1. The minimum Gasteiger partial charge on any atom is -0.348 e. The number of carbonyl (C=O) groups excluding carboxylic acids is 2. The second-order valence-electron chi connectivity index (χ2n) is 6.89. The van der Waals surface area contributed by atoms with Crippen LogP contribution in [0.4, 0.5) is 4.39 Å². The highest BCUT2D eigenvalue weighted by atomic mass is 19.1. The van der Waals surface area contributed by atoms with Crippen LogP contribution in [0.25, 0.3) is 0 Å². The molecule has 1 aliphatic rings. The zero-order chi connectivity index (χ0) is 18.5. The van der Waals surface area contributed by atoms with Gasteiger partial charge in [0.25, 0.3) is 11.8 Å². The molecule has 2 amide bonds. The fourth-order valence-electron chi connectivity index (χ4n) is 3.24. The quantitative estimate of drug-likeness (QED) is 0.911. The number of amides is 2. The standard InChI is InChI=1S/C21H23FN2O2/c1-15-4-3-11-24(14-15)21(26)18-6-2-5-17(12-18)20(25)23-13-16-7-9-19(22)10-8-16/h2,5-10,12,15H,3-4,11,13-14H2,1H3,(H,23,25). The highest BCUT2D eigenvalue weighted by Gasteiger charge is 2.22. The molecular formula is C21H23FN2O2. The number of halogens is 1. The van der Waals surface area contributed by atoms with E-state index in [2.05, 4.69) is 12.2 Å². The van der Waals surface area contributed by atoms with Crippen molar-refractivity contribution in [3.63, 3.8) is 0 Å². The van der Waals surface area contributed by atoms with E-state index >= 15 is 0 Å². The summed E-state index contributed by atoms with van der Waals surface area (Å²) in [5.74, 6) is -0.0751. The lowest BCUT2D eigenvalue weighted by molar-refractivity contribution is 0.0683. The Morgan fingerprint density at radius 3 is 2.62 bits per heavy atom. The van der Waals surface area contributed by atoms with E-state index in [9.17, 15) is 14.0 Å². The van der Waals surface area contributed by atoms with Crippen LogP contribution in [0.15, 0.2) is 48.5 Å². The highest BCUT2D eigenvalue weighted by molar-refractivity contribution is 5.99. The van der Waals surface area contributed by atoms with Crippen molar-refractivity contribution in [1.29, 1.82) is 0 Å². The fourth-order valence-corrected chi connectivity index (χ4v) is 3.24. The summed E-state index contributed by atoms with van der Waals surface area (Å²) >= 11 is 0. The molecule has 4 nitrogen and oxygen atoms in total. The van der Waals surface area contributed by atoms with Gasteiger partial charge in [-0.1, -0.05) is 25.1 Å². The molecule has 5 heteroatoms. The van der Waals surface area contributed by atoms with Crippen LogP contribution in [0.1, 0.15) is 46.0 Å². The highest BCUT2D eigenvalue weighted by Crippen LogP contribution is 2.18. The summed E-state index contributed by atoms with van der Waals surface area (Å²) in [6, 6.07) is 12.8.